The van der Waals surface area contributed by atoms with Crippen LogP contribution in [-0.4, -0.2) is 51.1 Å². The number of nitrogens with zero attached hydrogens (tertiary/aromatic N) is 2. The minimum Gasteiger partial charge on any atom is -0.472 e. The van der Waals surface area contributed by atoms with Gasteiger partial charge in [0, 0.05) is 25.7 Å². The lowest BCUT2D eigenvalue weighted by atomic mass is 10.0. The number of carbonyl (C=O) groups excluding carboxylic acids is 1. The van der Waals surface area contributed by atoms with Crippen molar-refractivity contribution in [3.8, 4) is 0 Å². The van der Waals surface area contributed by atoms with E-state index in [9.17, 15) is 4.79 Å². The number of hydrogen-bond acceptors (Lipinski definition) is 8. The Morgan fingerprint density at radius 2 is 2.09 bits per heavy atom. The molecular weight excluding hydrogens is 417 g/mol. The third-order valence-corrected chi connectivity index (χ3v) is 6.10. The van der Waals surface area contributed by atoms with Crippen molar-refractivity contribution < 1.29 is 27.8 Å². The van der Waals surface area contributed by atoms with E-state index in [2.05, 4.69) is 10.2 Å². The van der Waals surface area contributed by atoms with E-state index in [0.29, 0.717) is 61.3 Å². The summed E-state index contributed by atoms with van der Waals surface area (Å²) >= 11 is 0. The van der Waals surface area contributed by atoms with Crippen LogP contribution in [0.4, 0.5) is 21.5 Å². The Morgan fingerprint density at radius 1 is 1.28 bits per heavy atom. The molecule has 5 rings (SSSR count). The molecule has 1 saturated heterocycles. The van der Waals surface area contributed by atoms with Gasteiger partial charge in [0.05, 0.1) is 36.5 Å². The first-order valence-corrected chi connectivity index (χ1v) is 10.8. The molecule has 1 fully saturated rings. The largest absolute Gasteiger partial charge is 0.472 e. The van der Waals surface area contributed by atoms with Gasteiger partial charge in [-0.3, -0.25) is 0 Å². The van der Waals surface area contributed by atoms with Crippen molar-refractivity contribution in [2.75, 3.05) is 48.0 Å². The zero-order valence-corrected chi connectivity index (χ0v) is 18.1. The normalized spacial score (nSPS) is 22.2. The number of ether oxygens (including phenoxy) is 3. The monoisotopic (exact) mass is 443 g/mol. The first kappa shape index (κ1) is 20.7. The van der Waals surface area contributed by atoms with Gasteiger partial charge in [0.15, 0.2) is 6.23 Å². The molecule has 3 aliphatic heterocycles. The molecule has 0 saturated carbocycles. The van der Waals surface area contributed by atoms with Crippen LogP contribution in [-0.2, 0) is 25.6 Å². The standard InChI is InChI=1S/C23H26FN3O5/c1-3-27-19-12-18(26-6-9-29-10-7-26)16(24)11-17(19)25-21-20(14(2)32-22(21)27)23(28)31-13-15-5-4-8-30-15/h4-5,8,11-12,21-22,25H,3,6-7,9-10,13H2,1-2H3/t21-,22-/m0/s1. The fraction of sp³-hybridized carbons (Fsp3) is 0.435. The maximum absolute atomic E-state index is 15.1. The second kappa shape index (κ2) is 8.38. The molecule has 0 spiro atoms. The number of hydrogen-bond donors (Lipinski definition) is 1. The molecular formula is C23H26FN3O5. The lowest BCUT2D eigenvalue weighted by Gasteiger charge is -2.41. The van der Waals surface area contributed by atoms with E-state index >= 15 is 4.39 Å². The predicted octanol–water partition coefficient (Wildman–Crippen LogP) is 3.25. The molecule has 1 N–H and O–H groups in total. The van der Waals surface area contributed by atoms with E-state index < -0.39 is 18.2 Å². The van der Waals surface area contributed by atoms with Gasteiger partial charge in [0.25, 0.3) is 0 Å². The highest BCUT2D eigenvalue weighted by molar-refractivity contribution is 5.93. The maximum Gasteiger partial charge on any atom is 0.340 e. The van der Waals surface area contributed by atoms with Gasteiger partial charge >= 0.3 is 5.97 Å². The van der Waals surface area contributed by atoms with Crippen LogP contribution in [0.5, 0.6) is 0 Å². The Morgan fingerprint density at radius 3 is 2.81 bits per heavy atom. The Bertz CT molecular complexity index is 1030. The number of nitrogens with one attached hydrogen (secondary N) is 1. The summed E-state index contributed by atoms with van der Waals surface area (Å²) in [6.45, 7) is 6.86. The molecule has 0 aliphatic carbocycles. The molecule has 0 bridgehead atoms. The molecule has 1 aromatic heterocycles. The summed E-state index contributed by atoms with van der Waals surface area (Å²) < 4.78 is 37.2. The summed E-state index contributed by atoms with van der Waals surface area (Å²) in [6, 6.07) is 6.36. The number of esters is 1. The highest BCUT2D eigenvalue weighted by atomic mass is 19.1. The molecule has 8 nitrogen and oxygen atoms in total. The average molecular weight is 443 g/mol. The van der Waals surface area contributed by atoms with Gasteiger partial charge < -0.3 is 33.7 Å². The van der Waals surface area contributed by atoms with Gasteiger partial charge in [-0.1, -0.05) is 0 Å². The molecule has 0 amide bonds. The lowest BCUT2D eigenvalue weighted by molar-refractivity contribution is -0.141. The minimum absolute atomic E-state index is 0.0333. The van der Waals surface area contributed by atoms with Crippen LogP contribution >= 0.6 is 0 Å². The topological polar surface area (TPSA) is 76.4 Å². The molecule has 170 valence electrons. The Labute approximate surface area is 185 Å². The quantitative estimate of drug-likeness (QED) is 0.706. The van der Waals surface area contributed by atoms with E-state index in [0.717, 1.165) is 5.69 Å². The van der Waals surface area contributed by atoms with Crippen molar-refractivity contribution in [2.45, 2.75) is 32.7 Å². The molecule has 9 heteroatoms. The van der Waals surface area contributed by atoms with Crippen LogP contribution in [0.15, 0.2) is 46.3 Å². The number of rotatable bonds is 5. The number of allylic oxidation sites excluding steroid dienone is 1. The van der Waals surface area contributed by atoms with Crippen LogP contribution < -0.4 is 15.1 Å². The van der Waals surface area contributed by atoms with Crippen molar-refractivity contribution in [3.05, 3.63) is 53.4 Å². The number of benzene rings is 1. The Kier molecular flexibility index (Phi) is 5.42. The number of likely N-dealkylation sites (N-methyl/N-ethyl adjacent to an activating group) is 1. The third-order valence-electron chi connectivity index (χ3n) is 6.10. The number of furan rings is 1. The summed E-state index contributed by atoms with van der Waals surface area (Å²) in [6.07, 6.45) is 1.10. The molecule has 1 aromatic carbocycles. The van der Waals surface area contributed by atoms with Crippen LogP contribution in [0.3, 0.4) is 0 Å². The van der Waals surface area contributed by atoms with Crippen molar-refractivity contribution in [1.82, 2.24) is 0 Å². The summed E-state index contributed by atoms with van der Waals surface area (Å²) in [7, 11) is 0. The second-order valence-corrected chi connectivity index (χ2v) is 7.96. The van der Waals surface area contributed by atoms with Crippen LogP contribution in [0.1, 0.15) is 19.6 Å². The maximum atomic E-state index is 15.1. The third kappa shape index (κ3) is 3.56. The fourth-order valence-corrected chi connectivity index (χ4v) is 4.55. The van der Waals surface area contributed by atoms with E-state index in [1.807, 2.05) is 17.9 Å². The highest BCUT2D eigenvalue weighted by Gasteiger charge is 2.46. The number of anilines is 3. The zero-order chi connectivity index (χ0) is 22.2. The van der Waals surface area contributed by atoms with E-state index in [-0.39, 0.29) is 12.4 Å². The first-order chi connectivity index (χ1) is 15.6. The summed E-state index contributed by atoms with van der Waals surface area (Å²) in [5, 5.41) is 3.32. The average Bonchev–Trinajstić information content (AvgIpc) is 3.43. The van der Waals surface area contributed by atoms with Gasteiger partial charge in [-0.25, -0.2) is 9.18 Å². The Balaban J connectivity index is 1.41. The second-order valence-electron chi connectivity index (χ2n) is 7.96. The van der Waals surface area contributed by atoms with E-state index in [4.69, 9.17) is 18.6 Å². The van der Waals surface area contributed by atoms with Gasteiger partial charge in [-0.2, -0.15) is 0 Å². The molecule has 32 heavy (non-hydrogen) atoms. The first-order valence-electron chi connectivity index (χ1n) is 10.8. The van der Waals surface area contributed by atoms with Crippen LogP contribution in [0.2, 0.25) is 0 Å². The lowest BCUT2D eigenvalue weighted by Crippen LogP contribution is -2.51. The molecule has 2 atom stereocenters. The van der Waals surface area contributed by atoms with Gasteiger partial charge in [0.2, 0.25) is 0 Å². The molecule has 4 heterocycles. The smallest absolute Gasteiger partial charge is 0.340 e. The number of carbonyl (C=O) groups is 1. The molecule has 3 aliphatic rings. The van der Waals surface area contributed by atoms with Gasteiger partial charge in [0.1, 0.15) is 35.6 Å². The van der Waals surface area contributed by atoms with Crippen molar-refractivity contribution in [3.63, 3.8) is 0 Å². The number of morpholine rings is 1. The van der Waals surface area contributed by atoms with Gasteiger partial charge in [-0.15, -0.1) is 0 Å². The zero-order valence-electron chi connectivity index (χ0n) is 18.1. The summed E-state index contributed by atoms with van der Waals surface area (Å²) in [5.41, 5.74) is 2.42. The Hall–Kier alpha value is -3.20. The van der Waals surface area contributed by atoms with Gasteiger partial charge in [-0.05, 0) is 32.0 Å². The van der Waals surface area contributed by atoms with E-state index in [1.165, 1.54) is 12.3 Å². The van der Waals surface area contributed by atoms with Crippen molar-refractivity contribution in [2.24, 2.45) is 0 Å². The number of fused-ring (bicyclic) bond motifs is 2. The van der Waals surface area contributed by atoms with E-state index in [1.54, 1.807) is 19.1 Å². The summed E-state index contributed by atoms with van der Waals surface area (Å²) in [4.78, 5) is 16.9. The fourth-order valence-electron chi connectivity index (χ4n) is 4.55. The highest BCUT2D eigenvalue weighted by Crippen LogP contribution is 2.43. The van der Waals surface area contributed by atoms with Crippen molar-refractivity contribution >= 4 is 23.0 Å². The molecule has 2 aromatic rings. The molecule has 0 unspecified atom stereocenters. The SMILES string of the molecule is CCN1c2cc(N3CCOCC3)c(F)cc2N[C@H]2C(C(=O)OCc3ccco3)=C(C)O[C@@H]21. The predicted molar refractivity (Wildman–Crippen MR) is 116 cm³/mol. The van der Waals surface area contributed by atoms with Crippen LogP contribution in [0.25, 0.3) is 0 Å². The summed E-state index contributed by atoms with van der Waals surface area (Å²) in [5.74, 6) is 0.261. The minimum atomic E-state index is -0.483. The molecule has 0 radical (unpaired) electrons. The number of halogens is 1. The van der Waals surface area contributed by atoms with Crippen LogP contribution in [0, 0.1) is 5.82 Å². The van der Waals surface area contributed by atoms with Crippen molar-refractivity contribution in [1.29, 1.82) is 0 Å².